The molecule has 3 heteroatoms. The standard InChI is InChI=1S/C11H9ClNO/c1-2-8-7-14-13-11(8)9-3-5-10(12)6-4-9/h3-7H,1-2H2. The molecule has 0 spiro atoms. The van der Waals surface area contributed by atoms with Crippen LogP contribution >= 0.6 is 11.6 Å². The average molecular weight is 207 g/mol. The van der Waals surface area contributed by atoms with Gasteiger partial charge in [0, 0.05) is 16.1 Å². The second kappa shape index (κ2) is 3.84. The summed E-state index contributed by atoms with van der Waals surface area (Å²) in [5, 5.41) is 4.64. The van der Waals surface area contributed by atoms with Gasteiger partial charge in [-0.1, -0.05) is 28.9 Å². The second-order valence-electron chi connectivity index (χ2n) is 2.95. The van der Waals surface area contributed by atoms with Crippen LogP contribution in [0.15, 0.2) is 35.1 Å². The lowest BCUT2D eigenvalue weighted by molar-refractivity contribution is 0.421. The van der Waals surface area contributed by atoms with Crippen molar-refractivity contribution < 1.29 is 4.52 Å². The first kappa shape index (κ1) is 9.28. The molecule has 1 radical (unpaired) electrons. The maximum atomic E-state index is 5.79. The molecule has 0 unspecified atom stereocenters. The van der Waals surface area contributed by atoms with Crippen molar-refractivity contribution >= 4 is 11.6 Å². The van der Waals surface area contributed by atoms with E-state index in [-0.39, 0.29) is 0 Å². The molecule has 1 aromatic heterocycles. The number of hydrogen-bond donors (Lipinski definition) is 0. The van der Waals surface area contributed by atoms with Crippen molar-refractivity contribution in [3.8, 4) is 11.3 Å². The Kier molecular flexibility index (Phi) is 2.55. The normalized spacial score (nSPS) is 10.4. The minimum Gasteiger partial charge on any atom is -0.364 e. The van der Waals surface area contributed by atoms with E-state index in [2.05, 4.69) is 12.1 Å². The lowest BCUT2D eigenvalue weighted by atomic mass is 10.1. The Balaban J connectivity index is 2.44. The summed E-state index contributed by atoms with van der Waals surface area (Å²) in [6, 6.07) is 7.50. The van der Waals surface area contributed by atoms with Crippen molar-refractivity contribution in [2.24, 2.45) is 0 Å². The third-order valence-electron chi connectivity index (χ3n) is 2.03. The maximum absolute atomic E-state index is 5.79. The predicted molar refractivity (Wildman–Crippen MR) is 56.0 cm³/mol. The van der Waals surface area contributed by atoms with Crippen LogP contribution < -0.4 is 0 Å². The molecular formula is C11H9ClNO. The first-order valence-electron chi connectivity index (χ1n) is 4.29. The van der Waals surface area contributed by atoms with Gasteiger partial charge < -0.3 is 4.52 Å². The Morgan fingerprint density at radius 2 is 2.00 bits per heavy atom. The van der Waals surface area contributed by atoms with E-state index >= 15 is 0 Å². The lowest BCUT2D eigenvalue weighted by Crippen LogP contribution is -1.83. The fourth-order valence-corrected chi connectivity index (χ4v) is 1.41. The Morgan fingerprint density at radius 3 is 2.64 bits per heavy atom. The minimum absolute atomic E-state index is 0.668. The van der Waals surface area contributed by atoms with E-state index in [0.29, 0.717) is 11.4 Å². The molecule has 2 nitrogen and oxygen atoms in total. The zero-order valence-corrected chi connectivity index (χ0v) is 8.29. The van der Waals surface area contributed by atoms with Crippen LogP contribution in [0, 0.1) is 6.92 Å². The van der Waals surface area contributed by atoms with Gasteiger partial charge in [0.05, 0.1) is 0 Å². The van der Waals surface area contributed by atoms with Crippen LogP contribution in [0.25, 0.3) is 11.3 Å². The number of nitrogens with zero attached hydrogens (tertiary/aromatic N) is 1. The van der Waals surface area contributed by atoms with Gasteiger partial charge >= 0.3 is 0 Å². The molecule has 2 rings (SSSR count). The first-order chi connectivity index (χ1) is 6.81. The van der Waals surface area contributed by atoms with Crippen LogP contribution in [0.1, 0.15) is 5.56 Å². The van der Waals surface area contributed by atoms with E-state index in [1.807, 2.05) is 24.3 Å². The molecular weight excluding hydrogens is 198 g/mol. The van der Waals surface area contributed by atoms with Crippen LogP contribution in [-0.4, -0.2) is 5.16 Å². The molecule has 0 saturated heterocycles. The van der Waals surface area contributed by atoms with Gasteiger partial charge in [-0.15, -0.1) is 0 Å². The summed E-state index contributed by atoms with van der Waals surface area (Å²) in [5.41, 5.74) is 2.85. The lowest BCUT2D eigenvalue weighted by Gasteiger charge is -1.98. The summed E-state index contributed by atoms with van der Waals surface area (Å²) < 4.78 is 4.90. The molecule has 0 aliphatic carbocycles. The summed E-state index contributed by atoms with van der Waals surface area (Å²) in [5.74, 6) is 0. The van der Waals surface area contributed by atoms with Gasteiger partial charge in [0.25, 0.3) is 0 Å². The molecule has 1 heterocycles. The summed E-state index contributed by atoms with van der Waals surface area (Å²) in [6.07, 6.45) is 2.29. The van der Waals surface area contributed by atoms with Gasteiger partial charge in [0.15, 0.2) is 0 Å². The van der Waals surface area contributed by atoms with Gasteiger partial charge in [0.2, 0.25) is 0 Å². The number of halogens is 1. The van der Waals surface area contributed by atoms with E-state index in [9.17, 15) is 0 Å². The van der Waals surface area contributed by atoms with Crippen molar-refractivity contribution in [1.29, 1.82) is 0 Å². The predicted octanol–water partition coefficient (Wildman–Crippen LogP) is 3.37. The van der Waals surface area contributed by atoms with Crippen molar-refractivity contribution in [3.63, 3.8) is 0 Å². The molecule has 0 bridgehead atoms. The van der Waals surface area contributed by atoms with E-state index in [0.717, 1.165) is 16.8 Å². The molecule has 0 N–H and O–H groups in total. The Bertz CT molecular complexity index is 419. The highest BCUT2D eigenvalue weighted by Crippen LogP contribution is 2.23. The summed E-state index contributed by atoms with van der Waals surface area (Å²) in [6.45, 7) is 3.81. The summed E-state index contributed by atoms with van der Waals surface area (Å²) in [4.78, 5) is 0. The van der Waals surface area contributed by atoms with Gasteiger partial charge in [0.1, 0.15) is 12.0 Å². The Morgan fingerprint density at radius 1 is 1.29 bits per heavy atom. The second-order valence-corrected chi connectivity index (χ2v) is 3.38. The molecule has 0 fully saturated rings. The minimum atomic E-state index is 0.668. The van der Waals surface area contributed by atoms with Crippen LogP contribution in [0.4, 0.5) is 0 Å². The SMILES string of the molecule is [CH2]Cc1conc1-c1ccc(Cl)cc1. The Hall–Kier alpha value is -1.28. The highest BCUT2D eigenvalue weighted by Gasteiger charge is 2.07. The number of aromatic nitrogens is 1. The molecule has 71 valence electrons. The average Bonchev–Trinajstić information content (AvgIpc) is 2.67. The molecule has 0 aliphatic heterocycles. The maximum Gasteiger partial charge on any atom is 0.127 e. The zero-order valence-electron chi connectivity index (χ0n) is 7.53. The summed E-state index contributed by atoms with van der Waals surface area (Å²) >= 11 is 5.79. The van der Waals surface area contributed by atoms with Crippen molar-refractivity contribution in [3.05, 3.63) is 48.0 Å². The topological polar surface area (TPSA) is 26.0 Å². The van der Waals surface area contributed by atoms with Gasteiger partial charge in [-0.25, -0.2) is 0 Å². The molecule has 0 amide bonds. The molecule has 14 heavy (non-hydrogen) atoms. The third kappa shape index (κ3) is 1.66. The van der Waals surface area contributed by atoms with Crippen molar-refractivity contribution in [2.75, 3.05) is 0 Å². The quantitative estimate of drug-likeness (QED) is 0.753. The van der Waals surface area contributed by atoms with E-state index in [1.165, 1.54) is 0 Å². The third-order valence-corrected chi connectivity index (χ3v) is 2.28. The highest BCUT2D eigenvalue weighted by atomic mass is 35.5. The number of rotatable bonds is 2. The van der Waals surface area contributed by atoms with Gasteiger partial charge in [-0.2, -0.15) is 0 Å². The van der Waals surface area contributed by atoms with E-state index in [1.54, 1.807) is 6.26 Å². The summed E-state index contributed by atoms with van der Waals surface area (Å²) in [7, 11) is 0. The number of benzene rings is 1. The highest BCUT2D eigenvalue weighted by molar-refractivity contribution is 6.30. The van der Waals surface area contributed by atoms with Crippen molar-refractivity contribution in [2.45, 2.75) is 6.42 Å². The fourth-order valence-electron chi connectivity index (χ4n) is 1.28. The first-order valence-corrected chi connectivity index (χ1v) is 4.67. The molecule has 2 aromatic rings. The van der Waals surface area contributed by atoms with Gasteiger partial charge in [-0.05, 0) is 25.5 Å². The largest absolute Gasteiger partial charge is 0.364 e. The molecule has 1 aromatic carbocycles. The number of hydrogen-bond acceptors (Lipinski definition) is 2. The van der Waals surface area contributed by atoms with Crippen LogP contribution in [0.3, 0.4) is 0 Å². The molecule has 0 atom stereocenters. The zero-order chi connectivity index (χ0) is 9.97. The van der Waals surface area contributed by atoms with Gasteiger partial charge in [-0.3, -0.25) is 0 Å². The van der Waals surface area contributed by atoms with Crippen LogP contribution in [0.5, 0.6) is 0 Å². The van der Waals surface area contributed by atoms with E-state index in [4.69, 9.17) is 16.1 Å². The van der Waals surface area contributed by atoms with E-state index < -0.39 is 0 Å². The fraction of sp³-hybridized carbons (Fsp3) is 0.0909. The molecule has 0 saturated carbocycles. The Labute approximate surface area is 87.5 Å². The van der Waals surface area contributed by atoms with Crippen LogP contribution in [0.2, 0.25) is 5.02 Å². The molecule has 0 aliphatic rings. The van der Waals surface area contributed by atoms with Crippen LogP contribution in [-0.2, 0) is 6.42 Å². The smallest absolute Gasteiger partial charge is 0.127 e. The monoisotopic (exact) mass is 206 g/mol. The van der Waals surface area contributed by atoms with Crippen molar-refractivity contribution in [1.82, 2.24) is 5.16 Å².